The van der Waals surface area contributed by atoms with Crippen LogP contribution in [0.5, 0.6) is 0 Å². The highest BCUT2D eigenvalue weighted by atomic mass is 19.1. The molecule has 21 heavy (non-hydrogen) atoms. The number of rotatable bonds is 5. The standard InChI is InChI=1S/C14H17FN4O2/c1-14(16,8-20-9-3-2-4-9)13-18-12(21-19-13)10-5-6-17-7-11(10)15/h5-7,9H,2-4,8,16H2,1H3. The predicted molar refractivity (Wildman–Crippen MR) is 72.6 cm³/mol. The summed E-state index contributed by atoms with van der Waals surface area (Å²) < 4.78 is 24.4. The van der Waals surface area contributed by atoms with Crippen molar-refractivity contribution in [3.05, 3.63) is 30.1 Å². The Hall–Kier alpha value is -1.86. The first-order valence-electron chi connectivity index (χ1n) is 6.91. The topological polar surface area (TPSA) is 87.1 Å². The lowest BCUT2D eigenvalue weighted by Crippen LogP contribution is -2.41. The van der Waals surface area contributed by atoms with E-state index < -0.39 is 11.4 Å². The molecule has 2 N–H and O–H groups in total. The normalized spacial score (nSPS) is 18.2. The maximum atomic E-state index is 13.6. The molecule has 112 valence electrons. The predicted octanol–water partition coefficient (Wildman–Crippen LogP) is 2.01. The summed E-state index contributed by atoms with van der Waals surface area (Å²) in [7, 11) is 0. The third-order valence-corrected chi connectivity index (χ3v) is 3.61. The van der Waals surface area contributed by atoms with Crippen LogP contribution in [0.2, 0.25) is 0 Å². The molecule has 1 fully saturated rings. The number of hydrogen-bond acceptors (Lipinski definition) is 6. The summed E-state index contributed by atoms with van der Waals surface area (Å²) >= 11 is 0. The molecule has 7 heteroatoms. The number of ether oxygens (including phenoxy) is 1. The van der Waals surface area contributed by atoms with E-state index in [2.05, 4.69) is 15.1 Å². The van der Waals surface area contributed by atoms with Gasteiger partial charge in [0.2, 0.25) is 0 Å². The van der Waals surface area contributed by atoms with E-state index in [0.717, 1.165) is 19.0 Å². The molecular weight excluding hydrogens is 275 g/mol. The molecule has 1 aliphatic carbocycles. The van der Waals surface area contributed by atoms with Crippen LogP contribution in [0.4, 0.5) is 4.39 Å². The summed E-state index contributed by atoms with van der Waals surface area (Å²) in [4.78, 5) is 7.87. The van der Waals surface area contributed by atoms with Crippen LogP contribution in [0.3, 0.4) is 0 Å². The van der Waals surface area contributed by atoms with Crippen molar-refractivity contribution < 1.29 is 13.7 Å². The van der Waals surface area contributed by atoms with Crippen LogP contribution >= 0.6 is 0 Å². The molecular formula is C14H17FN4O2. The van der Waals surface area contributed by atoms with E-state index in [1.165, 1.54) is 18.7 Å². The molecule has 1 aliphatic rings. The van der Waals surface area contributed by atoms with Crippen LogP contribution in [-0.2, 0) is 10.3 Å². The SMILES string of the molecule is CC(N)(COC1CCC1)c1noc(-c2ccncc2F)n1. The average Bonchev–Trinajstić information content (AvgIpc) is 2.87. The molecule has 0 aromatic carbocycles. The van der Waals surface area contributed by atoms with Gasteiger partial charge in [-0.05, 0) is 32.3 Å². The van der Waals surface area contributed by atoms with E-state index in [-0.39, 0.29) is 17.6 Å². The van der Waals surface area contributed by atoms with Gasteiger partial charge in [0.1, 0.15) is 5.54 Å². The summed E-state index contributed by atoms with van der Waals surface area (Å²) in [5, 5.41) is 3.85. The molecule has 0 saturated heterocycles. The van der Waals surface area contributed by atoms with Crippen molar-refractivity contribution in [3.63, 3.8) is 0 Å². The molecule has 2 aromatic rings. The molecule has 1 atom stereocenters. The first kappa shape index (κ1) is 14.1. The summed E-state index contributed by atoms with van der Waals surface area (Å²) in [6.07, 6.45) is 6.16. The van der Waals surface area contributed by atoms with Crippen molar-refractivity contribution in [2.45, 2.75) is 37.8 Å². The van der Waals surface area contributed by atoms with Gasteiger partial charge in [0.05, 0.1) is 24.5 Å². The van der Waals surface area contributed by atoms with E-state index in [0.29, 0.717) is 12.4 Å². The Labute approximate surface area is 121 Å². The molecule has 0 aliphatic heterocycles. The maximum absolute atomic E-state index is 13.6. The van der Waals surface area contributed by atoms with E-state index >= 15 is 0 Å². The third-order valence-electron chi connectivity index (χ3n) is 3.61. The van der Waals surface area contributed by atoms with Crippen LogP contribution in [-0.4, -0.2) is 27.8 Å². The van der Waals surface area contributed by atoms with Crippen LogP contribution in [0, 0.1) is 5.82 Å². The first-order valence-corrected chi connectivity index (χ1v) is 6.91. The zero-order valence-electron chi connectivity index (χ0n) is 11.8. The van der Waals surface area contributed by atoms with Gasteiger partial charge in [-0.25, -0.2) is 4.39 Å². The van der Waals surface area contributed by atoms with Crippen molar-refractivity contribution >= 4 is 0 Å². The zero-order chi connectivity index (χ0) is 14.9. The Kier molecular flexibility index (Phi) is 3.69. The van der Waals surface area contributed by atoms with Gasteiger partial charge in [-0.1, -0.05) is 5.16 Å². The summed E-state index contributed by atoms with van der Waals surface area (Å²) in [5.41, 5.74) is 5.51. The van der Waals surface area contributed by atoms with Crippen LogP contribution in [0.1, 0.15) is 32.0 Å². The number of halogens is 1. The number of nitrogens with two attached hydrogens (primary N) is 1. The van der Waals surface area contributed by atoms with Crippen molar-refractivity contribution in [1.82, 2.24) is 15.1 Å². The lowest BCUT2D eigenvalue weighted by Gasteiger charge is -2.29. The second-order valence-electron chi connectivity index (χ2n) is 5.56. The van der Waals surface area contributed by atoms with Crippen molar-refractivity contribution in [3.8, 4) is 11.5 Å². The van der Waals surface area contributed by atoms with E-state index in [4.69, 9.17) is 15.0 Å². The highest BCUT2D eigenvalue weighted by molar-refractivity contribution is 5.52. The van der Waals surface area contributed by atoms with E-state index in [1.807, 2.05) is 0 Å². The number of aromatic nitrogens is 3. The summed E-state index contributed by atoms with van der Waals surface area (Å²) in [6.45, 7) is 2.07. The minimum Gasteiger partial charge on any atom is -0.376 e. The fraction of sp³-hybridized carbons (Fsp3) is 0.500. The molecule has 0 spiro atoms. The second kappa shape index (κ2) is 5.50. The number of nitrogens with zero attached hydrogens (tertiary/aromatic N) is 3. The Morgan fingerprint density at radius 3 is 3.00 bits per heavy atom. The van der Waals surface area contributed by atoms with Crippen LogP contribution in [0.15, 0.2) is 23.0 Å². The van der Waals surface area contributed by atoms with Crippen molar-refractivity contribution in [2.75, 3.05) is 6.61 Å². The van der Waals surface area contributed by atoms with Gasteiger partial charge in [-0.2, -0.15) is 4.98 Å². The molecule has 6 nitrogen and oxygen atoms in total. The molecule has 2 heterocycles. The lowest BCUT2D eigenvalue weighted by molar-refractivity contribution is -0.0222. The Morgan fingerprint density at radius 1 is 1.52 bits per heavy atom. The fourth-order valence-corrected chi connectivity index (χ4v) is 2.01. The number of pyridine rings is 1. The van der Waals surface area contributed by atoms with Gasteiger partial charge in [0, 0.05) is 6.20 Å². The third kappa shape index (κ3) is 2.93. The molecule has 1 unspecified atom stereocenters. The molecule has 1 saturated carbocycles. The van der Waals surface area contributed by atoms with Crippen molar-refractivity contribution in [1.29, 1.82) is 0 Å². The first-order chi connectivity index (χ1) is 10.1. The Bertz CT molecular complexity index is 625. The minimum absolute atomic E-state index is 0.0882. The lowest BCUT2D eigenvalue weighted by atomic mass is 9.95. The van der Waals surface area contributed by atoms with Crippen molar-refractivity contribution in [2.24, 2.45) is 5.73 Å². The largest absolute Gasteiger partial charge is 0.376 e. The highest BCUT2D eigenvalue weighted by Gasteiger charge is 2.31. The monoisotopic (exact) mass is 292 g/mol. The van der Waals surface area contributed by atoms with Gasteiger partial charge in [0.25, 0.3) is 5.89 Å². The molecule has 3 rings (SSSR count). The van der Waals surface area contributed by atoms with Crippen LogP contribution in [0.25, 0.3) is 11.5 Å². The smallest absolute Gasteiger partial charge is 0.261 e. The quantitative estimate of drug-likeness (QED) is 0.907. The molecule has 2 aromatic heterocycles. The van der Waals surface area contributed by atoms with E-state index in [1.54, 1.807) is 6.92 Å². The van der Waals surface area contributed by atoms with Gasteiger partial charge in [-0.15, -0.1) is 0 Å². The van der Waals surface area contributed by atoms with Gasteiger partial charge >= 0.3 is 0 Å². The average molecular weight is 292 g/mol. The maximum Gasteiger partial charge on any atom is 0.261 e. The number of hydrogen-bond donors (Lipinski definition) is 1. The molecule has 0 bridgehead atoms. The summed E-state index contributed by atoms with van der Waals surface area (Å²) in [5.74, 6) is -0.129. The van der Waals surface area contributed by atoms with Crippen LogP contribution < -0.4 is 5.73 Å². The van der Waals surface area contributed by atoms with Gasteiger partial charge in [-0.3, -0.25) is 4.98 Å². The van der Waals surface area contributed by atoms with Gasteiger partial charge in [0.15, 0.2) is 11.6 Å². The second-order valence-corrected chi connectivity index (χ2v) is 5.56. The van der Waals surface area contributed by atoms with E-state index in [9.17, 15) is 4.39 Å². The molecule has 0 amide bonds. The highest BCUT2D eigenvalue weighted by Crippen LogP contribution is 2.26. The summed E-state index contributed by atoms with van der Waals surface area (Å²) in [6, 6.07) is 1.48. The van der Waals surface area contributed by atoms with Gasteiger partial charge < -0.3 is 15.0 Å². The fourth-order valence-electron chi connectivity index (χ4n) is 2.01. The minimum atomic E-state index is -0.874. The zero-order valence-corrected chi connectivity index (χ0v) is 11.8. The Balaban J connectivity index is 1.75. The molecule has 0 radical (unpaired) electrons. The Morgan fingerprint density at radius 2 is 2.33 bits per heavy atom.